The van der Waals surface area contributed by atoms with E-state index in [1.165, 1.54) is 28.6 Å². The molecule has 1 N–H and O–H groups in total. The highest BCUT2D eigenvalue weighted by Crippen LogP contribution is 2.19. The second-order valence-electron chi connectivity index (χ2n) is 5.54. The smallest absolute Gasteiger partial charge is 0.338 e. The summed E-state index contributed by atoms with van der Waals surface area (Å²) in [7, 11) is -3.54. The fraction of sp³-hybridized carbons (Fsp3) is 0.533. The summed E-state index contributed by atoms with van der Waals surface area (Å²) in [6.45, 7) is 6.81. The molecule has 0 bridgehead atoms. The molecule has 7 heteroatoms. The number of esters is 1. The first kappa shape index (κ1) is 16.9. The molecule has 0 spiro atoms. The molecule has 1 aromatic rings. The van der Waals surface area contributed by atoms with Gasteiger partial charge in [-0.05, 0) is 45.0 Å². The van der Waals surface area contributed by atoms with Gasteiger partial charge in [-0.15, -0.1) is 0 Å². The molecule has 1 aliphatic heterocycles. The molecular formula is C15H22N2O4S. The van der Waals surface area contributed by atoms with E-state index in [0.29, 0.717) is 18.7 Å². The zero-order valence-corrected chi connectivity index (χ0v) is 13.9. The van der Waals surface area contributed by atoms with Gasteiger partial charge in [0.25, 0.3) is 0 Å². The van der Waals surface area contributed by atoms with Crippen molar-refractivity contribution in [2.24, 2.45) is 0 Å². The number of piperazine rings is 1. The lowest BCUT2D eigenvalue weighted by molar-refractivity contribution is 0.0526. The molecule has 122 valence electrons. The van der Waals surface area contributed by atoms with Gasteiger partial charge in [-0.3, -0.25) is 0 Å². The van der Waals surface area contributed by atoms with Crippen LogP contribution in [0.25, 0.3) is 0 Å². The van der Waals surface area contributed by atoms with Crippen LogP contribution in [0, 0.1) is 0 Å². The molecule has 22 heavy (non-hydrogen) atoms. The molecule has 2 rings (SSSR count). The summed E-state index contributed by atoms with van der Waals surface area (Å²) in [5, 5.41) is 3.30. The minimum absolute atomic E-state index is 0.109. The van der Waals surface area contributed by atoms with Crippen molar-refractivity contribution in [1.82, 2.24) is 9.62 Å². The Morgan fingerprint density at radius 1 is 1.23 bits per heavy atom. The number of hydrogen-bond donors (Lipinski definition) is 1. The normalized spacial score (nSPS) is 23.2. The largest absolute Gasteiger partial charge is 0.462 e. The number of carbonyl (C=O) groups excluding carboxylic acids is 1. The Morgan fingerprint density at radius 2 is 1.77 bits per heavy atom. The summed E-state index contributed by atoms with van der Waals surface area (Å²) >= 11 is 0. The second kappa shape index (κ2) is 6.76. The standard InChI is InChI=1S/C15H22N2O4S/c1-4-21-15(18)13-5-7-14(8-6-13)22(19,20)17-9-11(2)16-12(3)10-17/h5-8,11-12,16H,4,9-10H2,1-3H3. The third kappa shape index (κ3) is 3.66. The first-order valence-corrected chi connectivity index (χ1v) is 8.82. The maximum Gasteiger partial charge on any atom is 0.338 e. The summed E-state index contributed by atoms with van der Waals surface area (Å²) in [5.74, 6) is -0.448. The van der Waals surface area contributed by atoms with Crippen molar-refractivity contribution in [3.05, 3.63) is 29.8 Å². The molecule has 1 fully saturated rings. The topological polar surface area (TPSA) is 75.7 Å². The monoisotopic (exact) mass is 326 g/mol. The van der Waals surface area contributed by atoms with Crippen LogP contribution in [0.15, 0.2) is 29.2 Å². The van der Waals surface area contributed by atoms with Gasteiger partial charge in [0.05, 0.1) is 17.1 Å². The predicted molar refractivity (Wildman–Crippen MR) is 83.2 cm³/mol. The molecule has 0 amide bonds. The molecule has 0 aromatic heterocycles. The Bertz CT molecular complexity index is 617. The number of ether oxygens (including phenoxy) is 1. The molecule has 6 nitrogen and oxygen atoms in total. The maximum absolute atomic E-state index is 12.7. The molecule has 2 atom stereocenters. The van der Waals surface area contributed by atoms with Gasteiger partial charge < -0.3 is 10.1 Å². The van der Waals surface area contributed by atoms with Crippen LogP contribution < -0.4 is 5.32 Å². The minimum atomic E-state index is -3.54. The Labute approximate surface area is 131 Å². The third-order valence-electron chi connectivity index (χ3n) is 3.53. The van der Waals surface area contributed by atoms with E-state index in [4.69, 9.17) is 4.74 Å². The fourth-order valence-electron chi connectivity index (χ4n) is 2.60. The SMILES string of the molecule is CCOC(=O)c1ccc(S(=O)(=O)N2CC(C)NC(C)C2)cc1. The van der Waals surface area contributed by atoms with Crippen LogP contribution in [-0.2, 0) is 14.8 Å². The summed E-state index contributed by atoms with van der Waals surface area (Å²) in [6, 6.07) is 6.10. The summed E-state index contributed by atoms with van der Waals surface area (Å²) in [5.41, 5.74) is 0.350. The van der Waals surface area contributed by atoms with Gasteiger partial charge >= 0.3 is 5.97 Å². The van der Waals surface area contributed by atoms with Gasteiger partial charge in [-0.1, -0.05) is 0 Å². The van der Waals surface area contributed by atoms with Crippen molar-refractivity contribution in [3.8, 4) is 0 Å². The Kier molecular flexibility index (Phi) is 5.20. The lowest BCUT2D eigenvalue weighted by atomic mass is 10.2. The number of rotatable bonds is 4. The average Bonchev–Trinajstić information content (AvgIpc) is 2.46. The average molecular weight is 326 g/mol. The summed E-state index contributed by atoms with van der Waals surface area (Å²) in [4.78, 5) is 11.8. The maximum atomic E-state index is 12.7. The van der Waals surface area contributed by atoms with Crippen LogP contribution in [0.4, 0.5) is 0 Å². The molecule has 1 heterocycles. The Balaban J connectivity index is 2.21. The van der Waals surface area contributed by atoms with Crippen molar-refractivity contribution in [3.63, 3.8) is 0 Å². The Morgan fingerprint density at radius 3 is 2.27 bits per heavy atom. The first-order valence-electron chi connectivity index (χ1n) is 7.38. The first-order chi connectivity index (χ1) is 10.3. The van der Waals surface area contributed by atoms with Gasteiger partial charge in [0, 0.05) is 25.2 Å². The van der Waals surface area contributed by atoms with Crippen LogP contribution >= 0.6 is 0 Å². The minimum Gasteiger partial charge on any atom is -0.462 e. The number of hydrogen-bond acceptors (Lipinski definition) is 5. The van der Waals surface area contributed by atoms with Crippen LogP contribution in [0.5, 0.6) is 0 Å². The molecule has 2 unspecified atom stereocenters. The number of sulfonamides is 1. The van der Waals surface area contributed by atoms with Gasteiger partial charge in [-0.2, -0.15) is 4.31 Å². The lowest BCUT2D eigenvalue weighted by Crippen LogP contribution is -2.55. The van der Waals surface area contributed by atoms with Gasteiger partial charge in [0.2, 0.25) is 10.0 Å². The van der Waals surface area contributed by atoms with E-state index in [1.54, 1.807) is 6.92 Å². The molecule has 0 aliphatic carbocycles. The van der Waals surface area contributed by atoms with Crippen molar-refractivity contribution < 1.29 is 17.9 Å². The van der Waals surface area contributed by atoms with Crippen LogP contribution in [0.3, 0.4) is 0 Å². The molecule has 1 aliphatic rings. The molecule has 0 saturated carbocycles. The van der Waals surface area contributed by atoms with Crippen LogP contribution in [0.2, 0.25) is 0 Å². The third-order valence-corrected chi connectivity index (χ3v) is 5.37. The summed E-state index contributed by atoms with van der Waals surface area (Å²) in [6.07, 6.45) is 0. The van der Waals surface area contributed by atoms with Crippen molar-refractivity contribution in [2.45, 2.75) is 37.8 Å². The lowest BCUT2D eigenvalue weighted by Gasteiger charge is -2.35. The Hall–Kier alpha value is -1.44. The van der Waals surface area contributed by atoms with Gasteiger partial charge in [-0.25, -0.2) is 13.2 Å². The second-order valence-corrected chi connectivity index (χ2v) is 7.47. The van der Waals surface area contributed by atoms with E-state index < -0.39 is 16.0 Å². The summed E-state index contributed by atoms with van der Waals surface area (Å²) < 4.78 is 31.7. The van der Waals surface area contributed by atoms with Crippen LogP contribution in [-0.4, -0.2) is 50.5 Å². The van der Waals surface area contributed by atoms with E-state index in [2.05, 4.69) is 5.32 Å². The van der Waals surface area contributed by atoms with Crippen molar-refractivity contribution in [2.75, 3.05) is 19.7 Å². The highest BCUT2D eigenvalue weighted by molar-refractivity contribution is 7.89. The van der Waals surface area contributed by atoms with Crippen LogP contribution in [0.1, 0.15) is 31.1 Å². The number of nitrogens with zero attached hydrogens (tertiary/aromatic N) is 1. The van der Waals surface area contributed by atoms with Crippen molar-refractivity contribution in [1.29, 1.82) is 0 Å². The number of nitrogens with one attached hydrogen (secondary N) is 1. The predicted octanol–water partition coefficient (Wildman–Crippen LogP) is 1.23. The number of benzene rings is 1. The number of carbonyl (C=O) groups is 1. The zero-order chi connectivity index (χ0) is 16.3. The van der Waals surface area contributed by atoms with E-state index in [9.17, 15) is 13.2 Å². The van der Waals surface area contributed by atoms with Gasteiger partial charge in [0.1, 0.15) is 0 Å². The van der Waals surface area contributed by atoms with E-state index in [1.807, 2.05) is 13.8 Å². The van der Waals surface area contributed by atoms with Gasteiger partial charge in [0.15, 0.2) is 0 Å². The van der Waals surface area contributed by atoms with Crippen molar-refractivity contribution >= 4 is 16.0 Å². The van der Waals surface area contributed by atoms with E-state index >= 15 is 0 Å². The highest BCUT2D eigenvalue weighted by Gasteiger charge is 2.31. The highest BCUT2D eigenvalue weighted by atomic mass is 32.2. The molecule has 0 radical (unpaired) electrons. The quantitative estimate of drug-likeness (QED) is 0.843. The van der Waals surface area contributed by atoms with E-state index in [-0.39, 0.29) is 23.6 Å². The molecule has 1 saturated heterocycles. The fourth-order valence-corrected chi connectivity index (χ4v) is 4.22. The molecule has 1 aromatic carbocycles. The molecular weight excluding hydrogens is 304 g/mol. The van der Waals surface area contributed by atoms with E-state index in [0.717, 1.165) is 0 Å². The zero-order valence-electron chi connectivity index (χ0n) is 13.1.